The summed E-state index contributed by atoms with van der Waals surface area (Å²) in [4.78, 5) is 26.5. The summed E-state index contributed by atoms with van der Waals surface area (Å²) in [5.41, 5.74) is -0.0319. The number of nitrogens with one attached hydrogen (secondary N) is 1. The fourth-order valence-electron chi connectivity index (χ4n) is 2.97. The average molecular weight is 382 g/mol. The Morgan fingerprint density at radius 1 is 1.27 bits per heavy atom. The Morgan fingerprint density at radius 2 is 1.92 bits per heavy atom. The van der Waals surface area contributed by atoms with Crippen molar-refractivity contribution in [2.24, 2.45) is 5.41 Å². The molecular formula is C18H26N2O5S. The number of sulfonamides is 1. The van der Waals surface area contributed by atoms with Crippen LogP contribution >= 0.6 is 0 Å². The van der Waals surface area contributed by atoms with Crippen LogP contribution in [0.25, 0.3) is 0 Å². The van der Waals surface area contributed by atoms with Gasteiger partial charge in [0.15, 0.2) is 0 Å². The van der Waals surface area contributed by atoms with E-state index in [-0.39, 0.29) is 24.6 Å². The van der Waals surface area contributed by atoms with E-state index in [2.05, 4.69) is 4.72 Å². The summed E-state index contributed by atoms with van der Waals surface area (Å²) in [6.45, 7) is 4.09. The molecular weight excluding hydrogens is 356 g/mol. The van der Waals surface area contributed by atoms with Crippen LogP contribution in [0.3, 0.4) is 0 Å². The van der Waals surface area contributed by atoms with Gasteiger partial charge in [-0.2, -0.15) is 0 Å². The lowest BCUT2D eigenvalue weighted by molar-refractivity contribution is -0.131. The van der Waals surface area contributed by atoms with Crippen LogP contribution in [-0.2, 0) is 26.0 Å². The van der Waals surface area contributed by atoms with Crippen LogP contribution in [0.2, 0.25) is 0 Å². The zero-order valence-corrected chi connectivity index (χ0v) is 16.3. The van der Waals surface area contributed by atoms with Gasteiger partial charge >= 0.3 is 0 Å². The number of amides is 2. The molecule has 8 heteroatoms. The first-order chi connectivity index (χ1) is 12.2. The van der Waals surface area contributed by atoms with Gasteiger partial charge in [-0.1, -0.05) is 19.1 Å². The molecule has 1 fully saturated rings. The van der Waals surface area contributed by atoms with Crippen molar-refractivity contribution in [1.29, 1.82) is 0 Å². The maximum absolute atomic E-state index is 12.5. The third-order valence-electron chi connectivity index (χ3n) is 4.61. The average Bonchev–Trinajstić information content (AvgIpc) is 2.99. The molecule has 1 aromatic rings. The quantitative estimate of drug-likeness (QED) is 0.768. The fraction of sp³-hybridized carbons (Fsp3) is 0.556. The largest absolute Gasteiger partial charge is 0.497 e. The second-order valence-electron chi connectivity index (χ2n) is 6.90. The molecule has 2 rings (SSSR count). The molecule has 1 unspecified atom stereocenters. The first-order valence-corrected chi connectivity index (χ1v) is 10.3. The van der Waals surface area contributed by atoms with Gasteiger partial charge < -0.3 is 9.64 Å². The zero-order valence-electron chi connectivity index (χ0n) is 15.4. The Hall–Kier alpha value is -2.09. The number of nitrogens with zero attached hydrogens (tertiary/aromatic N) is 1. The molecule has 0 radical (unpaired) electrons. The Balaban J connectivity index is 1.97. The number of carbonyl (C=O) groups is 2. The van der Waals surface area contributed by atoms with Gasteiger partial charge in [-0.25, -0.2) is 8.42 Å². The Labute approximate surface area is 154 Å². The summed E-state index contributed by atoms with van der Waals surface area (Å²) in [6.07, 6.45) is 1.11. The minimum absolute atomic E-state index is 0.0805. The highest BCUT2D eigenvalue weighted by molar-refractivity contribution is 7.90. The summed E-state index contributed by atoms with van der Waals surface area (Å²) in [5.74, 6) is 0.0169. The number of likely N-dealkylation sites (tertiary alicyclic amines) is 1. The van der Waals surface area contributed by atoms with Gasteiger partial charge in [0, 0.05) is 13.1 Å². The normalized spacial score (nSPS) is 20.0. The molecule has 2 amide bonds. The smallest absolute Gasteiger partial charge is 0.241 e. The van der Waals surface area contributed by atoms with Gasteiger partial charge in [0.1, 0.15) is 5.75 Å². The molecule has 144 valence electrons. The van der Waals surface area contributed by atoms with E-state index in [0.717, 1.165) is 11.3 Å². The SMILES string of the molecule is CCCS(=O)(=O)NC(=O)C1(C)CCN(C(=O)Cc2ccc(OC)cc2)C1. The van der Waals surface area contributed by atoms with E-state index in [1.54, 1.807) is 38.0 Å². The topological polar surface area (TPSA) is 92.8 Å². The molecule has 1 N–H and O–H groups in total. The van der Waals surface area contributed by atoms with Crippen molar-refractivity contribution in [3.63, 3.8) is 0 Å². The molecule has 0 saturated carbocycles. The summed E-state index contributed by atoms with van der Waals surface area (Å²) in [7, 11) is -2.03. The maximum Gasteiger partial charge on any atom is 0.241 e. The van der Waals surface area contributed by atoms with Crippen LogP contribution in [-0.4, -0.2) is 51.1 Å². The second kappa shape index (κ2) is 8.07. The molecule has 26 heavy (non-hydrogen) atoms. The van der Waals surface area contributed by atoms with Gasteiger partial charge in [0.2, 0.25) is 21.8 Å². The molecule has 0 bridgehead atoms. The monoisotopic (exact) mass is 382 g/mol. The summed E-state index contributed by atoms with van der Waals surface area (Å²) in [6, 6.07) is 7.25. The Bertz CT molecular complexity index is 760. The first-order valence-electron chi connectivity index (χ1n) is 8.65. The minimum Gasteiger partial charge on any atom is -0.497 e. The van der Waals surface area contributed by atoms with Crippen molar-refractivity contribution < 1.29 is 22.7 Å². The standard InChI is InChI=1S/C18H26N2O5S/c1-4-11-26(23,24)19-17(22)18(2)9-10-20(13-18)16(21)12-14-5-7-15(25-3)8-6-14/h5-8H,4,9-13H2,1-3H3,(H,19,22). The van der Waals surface area contributed by atoms with Gasteiger partial charge in [-0.05, 0) is 37.5 Å². The van der Waals surface area contributed by atoms with E-state index in [1.807, 2.05) is 12.1 Å². The van der Waals surface area contributed by atoms with Crippen molar-refractivity contribution >= 4 is 21.8 Å². The molecule has 1 aliphatic heterocycles. The number of carbonyl (C=O) groups excluding carboxylic acids is 2. The van der Waals surface area contributed by atoms with Crippen molar-refractivity contribution in [3.05, 3.63) is 29.8 Å². The van der Waals surface area contributed by atoms with Crippen LogP contribution < -0.4 is 9.46 Å². The molecule has 1 heterocycles. The minimum atomic E-state index is -3.61. The lowest BCUT2D eigenvalue weighted by atomic mass is 9.89. The van der Waals surface area contributed by atoms with Crippen LogP contribution in [0.4, 0.5) is 0 Å². The predicted molar refractivity (Wildman–Crippen MR) is 98.2 cm³/mol. The van der Waals surface area contributed by atoms with Crippen molar-refractivity contribution in [2.45, 2.75) is 33.1 Å². The molecule has 1 aromatic carbocycles. The van der Waals surface area contributed by atoms with E-state index in [9.17, 15) is 18.0 Å². The molecule has 7 nitrogen and oxygen atoms in total. The van der Waals surface area contributed by atoms with Crippen LogP contribution in [0.5, 0.6) is 5.75 Å². The second-order valence-corrected chi connectivity index (χ2v) is 8.74. The highest BCUT2D eigenvalue weighted by Gasteiger charge is 2.43. The molecule has 1 aliphatic rings. The highest BCUT2D eigenvalue weighted by atomic mass is 32.2. The van der Waals surface area contributed by atoms with Crippen LogP contribution in [0.15, 0.2) is 24.3 Å². The van der Waals surface area contributed by atoms with E-state index in [0.29, 0.717) is 19.4 Å². The third kappa shape index (κ3) is 4.97. The molecule has 1 atom stereocenters. The number of hydrogen-bond acceptors (Lipinski definition) is 5. The van der Waals surface area contributed by atoms with Crippen molar-refractivity contribution in [3.8, 4) is 5.75 Å². The Kier molecular flexibility index (Phi) is 6.28. The van der Waals surface area contributed by atoms with Gasteiger partial charge in [0.25, 0.3) is 0 Å². The van der Waals surface area contributed by atoms with E-state index in [4.69, 9.17) is 4.74 Å². The third-order valence-corrected chi connectivity index (χ3v) is 6.05. The number of benzene rings is 1. The molecule has 0 aromatic heterocycles. The summed E-state index contributed by atoms with van der Waals surface area (Å²) < 4.78 is 30.9. The van der Waals surface area contributed by atoms with Gasteiger partial charge in [0.05, 0.1) is 24.7 Å². The number of hydrogen-bond donors (Lipinski definition) is 1. The lowest BCUT2D eigenvalue weighted by Gasteiger charge is -2.23. The number of rotatable bonds is 7. The number of methoxy groups -OCH3 is 1. The molecule has 0 aliphatic carbocycles. The van der Waals surface area contributed by atoms with Crippen LogP contribution in [0, 0.1) is 5.41 Å². The summed E-state index contributed by atoms with van der Waals surface area (Å²) in [5, 5.41) is 0. The van der Waals surface area contributed by atoms with Crippen molar-refractivity contribution in [2.75, 3.05) is 26.0 Å². The van der Waals surface area contributed by atoms with Crippen molar-refractivity contribution in [1.82, 2.24) is 9.62 Å². The van der Waals surface area contributed by atoms with E-state index >= 15 is 0 Å². The van der Waals surface area contributed by atoms with Gasteiger partial charge in [-0.3, -0.25) is 14.3 Å². The first kappa shape index (κ1) is 20.2. The van der Waals surface area contributed by atoms with Crippen LogP contribution in [0.1, 0.15) is 32.3 Å². The van der Waals surface area contributed by atoms with E-state index in [1.165, 1.54) is 0 Å². The van der Waals surface area contributed by atoms with E-state index < -0.39 is 21.3 Å². The zero-order chi connectivity index (χ0) is 19.4. The molecule has 1 saturated heterocycles. The maximum atomic E-state index is 12.5. The van der Waals surface area contributed by atoms with Gasteiger partial charge in [-0.15, -0.1) is 0 Å². The Morgan fingerprint density at radius 3 is 2.50 bits per heavy atom. The highest BCUT2D eigenvalue weighted by Crippen LogP contribution is 2.31. The number of ether oxygens (including phenoxy) is 1. The predicted octanol–water partition coefficient (Wildman–Crippen LogP) is 1.33. The summed E-state index contributed by atoms with van der Waals surface area (Å²) >= 11 is 0. The lowest BCUT2D eigenvalue weighted by Crippen LogP contribution is -2.45. The molecule has 0 spiro atoms. The fourth-order valence-corrected chi connectivity index (χ4v) is 4.14.